The summed E-state index contributed by atoms with van der Waals surface area (Å²) in [6.07, 6.45) is 4.65. The van der Waals surface area contributed by atoms with Crippen LogP contribution in [0.4, 0.5) is 5.69 Å². The molecule has 1 saturated carbocycles. The lowest BCUT2D eigenvalue weighted by Crippen LogP contribution is -2.36. The molecule has 0 radical (unpaired) electrons. The monoisotopic (exact) mass is 305 g/mol. The molecule has 5 heteroatoms. The molecular weight excluding hydrogens is 290 g/mol. The number of aliphatic carboxylic acids is 1. The third kappa shape index (κ3) is 2.44. The van der Waals surface area contributed by atoms with E-state index in [2.05, 4.69) is 5.32 Å². The van der Waals surface area contributed by atoms with Crippen molar-refractivity contribution in [3.05, 3.63) is 40.9 Å². The minimum atomic E-state index is -0.894. The van der Waals surface area contributed by atoms with E-state index in [0.29, 0.717) is 10.7 Å². The maximum atomic E-state index is 12.5. The van der Waals surface area contributed by atoms with E-state index in [1.54, 1.807) is 12.1 Å². The van der Waals surface area contributed by atoms with Gasteiger partial charge in [-0.3, -0.25) is 9.59 Å². The van der Waals surface area contributed by atoms with Crippen molar-refractivity contribution < 1.29 is 14.7 Å². The van der Waals surface area contributed by atoms with Crippen LogP contribution in [0.2, 0.25) is 5.02 Å². The van der Waals surface area contributed by atoms with Crippen LogP contribution in [0.15, 0.2) is 30.4 Å². The van der Waals surface area contributed by atoms with Crippen molar-refractivity contribution in [2.24, 2.45) is 23.7 Å². The highest BCUT2D eigenvalue weighted by Crippen LogP contribution is 2.48. The van der Waals surface area contributed by atoms with Gasteiger partial charge >= 0.3 is 5.97 Å². The average molecular weight is 306 g/mol. The summed E-state index contributed by atoms with van der Waals surface area (Å²) in [5.74, 6) is -2.26. The van der Waals surface area contributed by atoms with E-state index < -0.39 is 17.8 Å². The molecule has 3 rings (SSSR count). The largest absolute Gasteiger partial charge is 0.481 e. The maximum Gasteiger partial charge on any atom is 0.307 e. The molecule has 110 valence electrons. The number of halogens is 1. The molecule has 0 aliphatic heterocycles. The number of anilines is 1. The molecule has 2 aliphatic rings. The van der Waals surface area contributed by atoms with Crippen LogP contribution >= 0.6 is 11.6 Å². The van der Waals surface area contributed by atoms with E-state index in [9.17, 15) is 14.7 Å². The number of hydrogen-bond donors (Lipinski definition) is 2. The second-order valence-corrected chi connectivity index (χ2v) is 6.22. The smallest absolute Gasteiger partial charge is 0.307 e. The number of fused-ring (bicyclic) bond motifs is 2. The first-order chi connectivity index (χ1) is 9.97. The Balaban J connectivity index is 1.83. The third-order valence-corrected chi connectivity index (χ3v) is 4.74. The number of hydrogen-bond acceptors (Lipinski definition) is 2. The number of allylic oxidation sites excluding steroid dienone is 2. The number of nitrogens with one attached hydrogen (secondary N) is 1. The summed E-state index contributed by atoms with van der Waals surface area (Å²) in [7, 11) is 0. The Hall–Kier alpha value is -1.81. The second kappa shape index (κ2) is 5.19. The molecule has 2 N–H and O–H groups in total. The molecule has 2 aliphatic carbocycles. The van der Waals surface area contributed by atoms with Gasteiger partial charge in [0.05, 0.1) is 11.8 Å². The van der Waals surface area contributed by atoms with Crippen LogP contribution < -0.4 is 5.32 Å². The fourth-order valence-electron chi connectivity index (χ4n) is 3.46. The highest BCUT2D eigenvalue weighted by molar-refractivity contribution is 6.31. The summed E-state index contributed by atoms with van der Waals surface area (Å²) in [6.45, 7) is 1.88. The van der Waals surface area contributed by atoms with Crippen LogP contribution in [0.3, 0.4) is 0 Å². The van der Waals surface area contributed by atoms with Crippen molar-refractivity contribution in [3.8, 4) is 0 Å². The van der Waals surface area contributed by atoms with Gasteiger partial charge < -0.3 is 10.4 Å². The normalized spacial score (nSPS) is 29.6. The fraction of sp³-hybridized carbons (Fsp3) is 0.375. The Kier molecular flexibility index (Phi) is 3.49. The maximum absolute atomic E-state index is 12.5. The van der Waals surface area contributed by atoms with Crippen molar-refractivity contribution in [3.63, 3.8) is 0 Å². The number of benzene rings is 1. The number of carboxylic acids is 1. The van der Waals surface area contributed by atoms with Crippen molar-refractivity contribution >= 4 is 29.2 Å². The van der Waals surface area contributed by atoms with Crippen LogP contribution in [0.5, 0.6) is 0 Å². The molecule has 0 spiro atoms. The first-order valence-electron chi connectivity index (χ1n) is 6.95. The molecular formula is C16H16ClNO3. The second-order valence-electron chi connectivity index (χ2n) is 5.79. The zero-order chi connectivity index (χ0) is 15.1. The third-order valence-electron chi connectivity index (χ3n) is 4.50. The molecule has 2 bridgehead atoms. The molecule has 0 saturated heterocycles. The predicted molar refractivity (Wildman–Crippen MR) is 80.2 cm³/mol. The summed E-state index contributed by atoms with van der Waals surface area (Å²) in [4.78, 5) is 24.0. The van der Waals surface area contributed by atoms with E-state index in [-0.39, 0.29) is 17.7 Å². The minimum absolute atomic E-state index is 0.0237. The summed E-state index contributed by atoms with van der Waals surface area (Å²) in [5, 5.41) is 12.8. The zero-order valence-electron chi connectivity index (χ0n) is 11.5. The minimum Gasteiger partial charge on any atom is -0.481 e. The van der Waals surface area contributed by atoms with E-state index in [1.165, 1.54) is 0 Å². The average Bonchev–Trinajstić information content (AvgIpc) is 3.03. The van der Waals surface area contributed by atoms with E-state index in [0.717, 1.165) is 12.0 Å². The van der Waals surface area contributed by atoms with Crippen molar-refractivity contribution in [2.75, 3.05) is 5.32 Å². The Morgan fingerprint density at radius 1 is 1.24 bits per heavy atom. The molecule has 21 heavy (non-hydrogen) atoms. The van der Waals surface area contributed by atoms with Crippen LogP contribution in [0.1, 0.15) is 12.0 Å². The van der Waals surface area contributed by atoms with Crippen LogP contribution in [-0.2, 0) is 9.59 Å². The molecule has 4 atom stereocenters. The first kappa shape index (κ1) is 14.1. The number of carbonyl (C=O) groups is 2. The highest BCUT2D eigenvalue weighted by Gasteiger charge is 2.51. The van der Waals surface area contributed by atoms with Gasteiger partial charge in [-0.1, -0.05) is 29.8 Å². The topological polar surface area (TPSA) is 66.4 Å². The van der Waals surface area contributed by atoms with Crippen LogP contribution in [0, 0.1) is 30.6 Å². The lowest BCUT2D eigenvalue weighted by molar-refractivity contribution is -0.146. The standard InChI is InChI=1S/C16H16ClNO3/c1-8-2-5-11(17)7-12(8)18-15(19)13-9-3-4-10(6-9)14(13)16(20)21/h2-5,7,9-10,13-14H,6H2,1H3,(H,18,19)(H,20,21)/t9-,10+,13+,14+/m1/s1. The number of carbonyl (C=O) groups excluding carboxylic acids is 1. The van der Waals surface area contributed by atoms with Crippen molar-refractivity contribution in [2.45, 2.75) is 13.3 Å². The highest BCUT2D eigenvalue weighted by atomic mass is 35.5. The Labute approximate surface area is 127 Å². The summed E-state index contributed by atoms with van der Waals surface area (Å²) in [6, 6.07) is 5.27. The molecule has 0 unspecified atom stereocenters. The summed E-state index contributed by atoms with van der Waals surface area (Å²) >= 11 is 5.95. The van der Waals surface area contributed by atoms with Gasteiger partial charge in [-0.15, -0.1) is 0 Å². The lowest BCUT2D eigenvalue weighted by atomic mass is 9.82. The van der Waals surface area contributed by atoms with E-state index in [1.807, 2.05) is 25.1 Å². The first-order valence-corrected chi connectivity index (χ1v) is 7.33. The fourth-order valence-corrected chi connectivity index (χ4v) is 3.63. The van der Waals surface area contributed by atoms with Crippen LogP contribution in [0.25, 0.3) is 0 Å². The van der Waals surface area contributed by atoms with Crippen molar-refractivity contribution in [1.82, 2.24) is 0 Å². The molecule has 4 nitrogen and oxygen atoms in total. The molecule has 0 aromatic heterocycles. The van der Waals surface area contributed by atoms with Gasteiger partial charge in [0.15, 0.2) is 0 Å². The van der Waals surface area contributed by atoms with Gasteiger partial charge in [0.2, 0.25) is 5.91 Å². The van der Waals surface area contributed by atoms with Gasteiger partial charge in [-0.25, -0.2) is 0 Å². The number of amides is 1. The van der Waals surface area contributed by atoms with Gasteiger partial charge in [0.25, 0.3) is 0 Å². The lowest BCUT2D eigenvalue weighted by Gasteiger charge is -2.24. The Morgan fingerprint density at radius 3 is 2.57 bits per heavy atom. The summed E-state index contributed by atoms with van der Waals surface area (Å²) in [5.41, 5.74) is 1.54. The zero-order valence-corrected chi connectivity index (χ0v) is 12.3. The van der Waals surface area contributed by atoms with Gasteiger partial charge in [-0.05, 0) is 42.9 Å². The number of aryl methyl sites for hydroxylation is 1. The van der Waals surface area contributed by atoms with E-state index >= 15 is 0 Å². The molecule has 0 heterocycles. The van der Waals surface area contributed by atoms with E-state index in [4.69, 9.17) is 11.6 Å². The number of rotatable bonds is 3. The predicted octanol–water partition coefficient (Wildman–Crippen LogP) is 3.11. The Bertz CT molecular complexity index is 640. The Morgan fingerprint density at radius 2 is 1.90 bits per heavy atom. The van der Waals surface area contributed by atoms with Gasteiger partial charge in [0, 0.05) is 10.7 Å². The molecule has 1 fully saturated rings. The van der Waals surface area contributed by atoms with Crippen molar-refractivity contribution in [1.29, 1.82) is 0 Å². The molecule has 1 aromatic rings. The van der Waals surface area contributed by atoms with Gasteiger partial charge in [0.1, 0.15) is 0 Å². The molecule has 1 amide bonds. The van der Waals surface area contributed by atoms with Crippen LogP contribution in [-0.4, -0.2) is 17.0 Å². The van der Waals surface area contributed by atoms with Gasteiger partial charge in [-0.2, -0.15) is 0 Å². The number of carboxylic acid groups (broad SMARTS) is 1. The molecule has 1 aromatic carbocycles. The summed E-state index contributed by atoms with van der Waals surface area (Å²) < 4.78 is 0. The SMILES string of the molecule is Cc1ccc(Cl)cc1NC(=O)[C@@H]1[C@@H](C(=O)O)[C@H]2C=C[C@@H]1C2. The quantitative estimate of drug-likeness (QED) is 0.843.